The van der Waals surface area contributed by atoms with Gasteiger partial charge in [-0.1, -0.05) is 48.5 Å². The molecule has 0 fully saturated rings. The van der Waals surface area contributed by atoms with Crippen molar-refractivity contribution < 1.29 is 9.53 Å². The third-order valence-electron chi connectivity index (χ3n) is 4.44. The van der Waals surface area contributed by atoms with Crippen LogP contribution >= 0.6 is 0 Å². The maximum Gasteiger partial charge on any atom is 0.271 e. The molecule has 4 rings (SSSR count). The van der Waals surface area contributed by atoms with E-state index in [4.69, 9.17) is 4.74 Å². The summed E-state index contributed by atoms with van der Waals surface area (Å²) in [6.07, 6.45) is 2.23. The summed E-state index contributed by atoms with van der Waals surface area (Å²) < 4.78 is 6.97. The Kier molecular flexibility index (Phi) is 4.97. The fraction of sp³-hybridized carbons (Fsp3) is 0.143. The number of amides is 1. The molecular formula is C21H19N5O2. The van der Waals surface area contributed by atoms with E-state index in [-0.39, 0.29) is 5.91 Å². The Bertz CT molecular complexity index is 1110. The van der Waals surface area contributed by atoms with Crippen LogP contribution in [0.15, 0.2) is 67.0 Å². The number of aromatic nitrogens is 4. The summed E-state index contributed by atoms with van der Waals surface area (Å²) in [6.45, 7) is 0.523. The molecule has 4 aromatic rings. The van der Waals surface area contributed by atoms with Gasteiger partial charge in [0.2, 0.25) is 0 Å². The zero-order valence-electron chi connectivity index (χ0n) is 15.4. The van der Waals surface area contributed by atoms with Gasteiger partial charge in [-0.25, -0.2) is 0 Å². The molecule has 2 aromatic carbocycles. The smallest absolute Gasteiger partial charge is 0.271 e. The van der Waals surface area contributed by atoms with Gasteiger partial charge in [0, 0.05) is 17.7 Å². The highest BCUT2D eigenvalue weighted by molar-refractivity contribution is 5.95. The van der Waals surface area contributed by atoms with Crippen molar-refractivity contribution >= 4 is 11.6 Å². The van der Waals surface area contributed by atoms with Crippen molar-refractivity contribution in [3.05, 3.63) is 78.2 Å². The lowest BCUT2D eigenvalue weighted by atomic mass is 10.1. The van der Waals surface area contributed by atoms with Gasteiger partial charge in [-0.05, 0) is 24.1 Å². The summed E-state index contributed by atoms with van der Waals surface area (Å²) in [5, 5.41) is 15.3. The second-order valence-corrected chi connectivity index (χ2v) is 6.23. The maximum atomic E-state index is 12.7. The molecule has 7 heteroatoms. The number of fused-ring (bicyclic) bond motifs is 1. The molecule has 2 heterocycles. The van der Waals surface area contributed by atoms with E-state index in [1.165, 1.54) is 16.4 Å². The lowest BCUT2D eigenvalue weighted by Gasteiger charge is -2.11. The number of carbonyl (C=O) groups is 1. The van der Waals surface area contributed by atoms with E-state index in [1.807, 2.05) is 54.6 Å². The van der Waals surface area contributed by atoms with Crippen molar-refractivity contribution in [1.82, 2.24) is 25.1 Å². The molecule has 7 nitrogen and oxygen atoms in total. The zero-order valence-corrected chi connectivity index (χ0v) is 15.4. The van der Waals surface area contributed by atoms with Gasteiger partial charge >= 0.3 is 0 Å². The first-order valence-corrected chi connectivity index (χ1v) is 8.93. The Morgan fingerprint density at radius 3 is 2.68 bits per heavy atom. The van der Waals surface area contributed by atoms with Crippen LogP contribution in [-0.2, 0) is 6.42 Å². The molecule has 0 radical (unpaired) electrons. The second kappa shape index (κ2) is 7.87. The molecule has 1 amide bonds. The maximum absolute atomic E-state index is 12.7. The average molecular weight is 373 g/mol. The molecule has 0 atom stereocenters. The molecule has 0 spiro atoms. The van der Waals surface area contributed by atoms with Gasteiger partial charge in [-0.3, -0.25) is 4.79 Å². The quantitative estimate of drug-likeness (QED) is 0.562. The fourth-order valence-electron chi connectivity index (χ4n) is 3.06. The number of carbonyl (C=O) groups excluding carboxylic acids is 1. The minimum Gasteiger partial charge on any atom is -0.496 e. The molecule has 140 valence electrons. The van der Waals surface area contributed by atoms with Crippen molar-refractivity contribution in [2.45, 2.75) is 6.42 Å². The number of rotatable bonds is 6. The highest BCUT2D eigenvalue weighted by Crippen LogP contribution is 2.32. The van der Waals surface area contributed by atoms with E-state index >= 15 is 0 Å². The van der Waals surface area contributed by atoms with Crippen LogP contribution in [0.5, 0.6) is 5.75 Å². The summed E-state index contributed by atoms with van der Waals surface area (Å²) in [5.74, 6) is 0.441. The molecule has 0 aliphatic carbocycles. The normalized spacial score (nSPS) is 10.8. The van der Waals surface area contributed by atoms with Crippen molar-refractivity contribution in [2.75, 3.05) is 13.7 Å². The van der Waals surface area contributed by atoms with Crippen molar-refractivity contribution in [2.24, 2.45) is 0 Å². The van der Waals surface area contributed by atoms with Gasteiger partial charge in [0.05, 0.1) is 7.11 Å². The molecule has 0 unspecified atom stereocenters. The fourth-order valence-corrected chi connectivity index (χ4v) is 3.06. The summed E-state index contributed by atoms with van der Waals surface area (Å²) in [4.78, 5) is 12.7. The van der Waals surface area contributed by atoms with Crippen LogP contribution in [-0.4, -0.2) is 39.4 Å². The predicted molar refractivity (Wildman–Crippen MR) is 105 cm³/mol. The Balaban J connectivity index is 1.62. The van der Waals surface area contributed by atoms with Gasteiger partial charge in [0.25, 0.3) is 5.91 Å². The molecule has 1 N–H and O–H groups in total. The lowest BCUT2D eigenvalue weighted by molar-refractivity contribution is 0.0948. The third-order valence-corrected chi connectivity index (χ3v) is 4.44. The molecule has 0 bridgehead atoms. The summed E-state index contributed by atoms with van der Waals surface area (Å²) in [6, 6.07) is 19.3. The minimum absolute atomic E-state index is 0.248. The minimum atomic E-state index is -0.248. The SMILES string of the molecule is COc1ccccc1-c1cc(C(=O)NCCc2ccccc2)nn2cnnc12. The first-order chi connectivity index (χ1) is 13.8. The second-order valence-electron chi connectivity index (χ2n) is 6.23. The number of hydrogen-bond donors (Lipinski definition) is 1. The lowest BCUT2D eigenvalue weighted by Crippen LogP contribution is -2.27. The van der Waals surface area contributed by atoms with E-state index in [0.29, 0.717) is 23.6 Å². The van der Waals surface area contributed by atoms with Gasteiger partial charge in [0.15, 0.2) is 5.65 Å². The number of para-hydroxylation sites is 1. The van der Waals surface area contributed by atoms with Gasteiger partial charge < -0.3 is 10.1 Å². The first-order valence-electron chi connectivity index (χ1n) is 8.93. The van der Waals surface area contributed by atoms with Crippen LogP contribution in [0.2, 0.25) is 0 Å². The van der Waals surface area contributed by atoms with Gasteiger partial charge in [-0.15, -0.1) is 10.2 Å². The van der Waals surface area contributed by atoms with Crippen LogP contribution < -0.4 is 10.1 Å². The number of methoxy groups -OCH3 is 1. The molecule has 0 saturated heterocycles. The highest BCUT2D eigenvalue weighted by atomic mass is 16.5. The molecule has 0 aliphatic heterocycles. The van der Waals surface area contributed by atoms with Crippen LogP contribution in [0.3, 0.4) is 0 Å². The van der Waals surface area contributed by atoms with E-state index < -0.39 is 0 Å². The molecule has 0 aliphatic rings. The summed E-state index contributed by atoms with van der Waals surface area (Å²) in [7, 11) is 1.61. The number of ether oxygens (including phenoxy) is 1. The van der Waals surface area contributed by atoms with Crippen LogP contribution in [0.25, 0.3) is 16.8 Å². The third kappa shape index (κ3) is 3.55. The Hall–Kier alpha value is -3.74. The Morgan fingerprint density at radius 2 is 1.86 bits per heavy atom. The zero-order chi connectivity index (χ0) is 19.3. The van der Waals surface area contributed by atoms with Gasteiger partial charge in [-0.2, -0.15) is 9.61 Å². The largest absolute Gasteiger partial charge is 0.496 e. The number of nitrogens with one attached hydrogen (secondary N) is 1. The summed E-state index contributed by atoms with van der Waals surface area (Å²) >= 11 is 0. The van der Waals surface area contributed by atoms with E-state index in [1.54, 1.807) is 13.2 Å². The highest BCUT2D eigenvalue weighted by Gasteiger charge is 2.17. The van der Waals surface area contributed by atoms with E-state index in [9.17, 15) is 4.79 Å². The number of hydrogen-bond acceptors (Lipinski definition) is 5. The Labute approximate surface area is 162 Å². The van der Waals surface area contributed by atoms with E-state index in [2.05, 4.69) is 20.6 Å². The monoisotopic (exact) mass is 373 g/mol. The molecular weight excluding hydrogens is 354 g/mol. The average Bonchev–Trinajstić information content (AvgIpc) is 3.22. The first kappa shape index (κ1) is 17.7. The molecule has 28 heavy (non-hydrogen) atoms. The van der Waals surface area contributed by atoms with Crippen molar-refractivity contribution in [3.8, 4) is 16.9 Å². The van der Waals surface area contributed by atoms with Gasteiger partial charge in [0.1, 0.15) is 17.8 Å². The molecule has 2 aromatic heterocycles. The predicted octanol–water partition coefficient (Wildman–Crippen LogP) is 2.77. The topological polar surface area (TPSA) is 81.4 Å². The standard InChI is InChI=1S/C21H19N5O2/c1-28-19-10-6-5-9-16(19)17-13-18(25-26-14-23-24-20(17)26)21(27)22-12-11-15-7-3-2-4-8-15/h2-10,13-14H,11-12H2,1H3,(H,22,27). The van der Waals surface area contributed by atoms with Crippen molar-refractivity contribution in [1.29, 1.82) is 0 Å². The number of benzene rings is 2. The summed E-state index contributed by atoms with van der Waals surface area (Å²) in [5.41, 5.74) is 3.58. The number of nitrogens with zero attached hydrogens (tertiary/aromatic N) is 4. The molecule has 0 saturated carbocycles. The van der Waals surface area contributed by atoms with Crippen LogP contribution in [0, 0.1) is 0 Å². The van der Waals surface area contributed by atoms with E-state index in [0.717, 1.165) is 17.5 Å². The van der Waals surface area contributed by atoms with Crippen LogP contribution in [0.1, 0.15) is 16.1 Å². The Morgan fingerprint density at radius 1 is 1.07 bits per heavy atom. The van der Waals surface area contributed by atoms with Crippen molar-refractivity contribution in [3.63, 3.8) is 0 Å². The van der Waals surface area contributed by atoms with Crippen LogP contribution in [0.4, 0.5) is 0 Å².